The second-order valence-electron chi connectivity index (χ2n) is 5.86. The predicted octanol–water partition coefficient (Wildman–Crippen LogP) is 3.44. The van der Waals surface area contributed by atoms with Crippen LogP contribution in [0.15, 0.2) is 48.5 Å². The van der Waals surface area contributed by atoms with Crippen molar-refractivity contribution in [3.05, 3.63) is 65.2 Å². The fraction of sp³-hybridized carbons (Fsp3) is 0.263. The average Bonchev–Trinajstić information content (AvgIpc) is 2.54. The molecule has 0 bridgehead atoms. The first-order valence-corrected chi connectivity index (χ1v) is 7.71. The van der Waals surface area contributed by atoms with Gasteiger partial charge in [-0.2, -0.15) is 0 Å². The Kier molecular flexibility index (Phi) is 5.58. The van der Waals surface area contributed by atoms with Crippen LogP contribution in [0.2, 0.25) is 0 Å². The lowest BCUT2D eigenvalue weighted by Gasteiger charge is -2.18. The van der Waals surface area contributed by atoms with E-state index < -0.39 is 5.97 Å². The van der Waals surface area contributed by atoms with E-state index in [1.807, 2.05) is 38.1 Å². The first-order valence-electron chi connectivity index (χ1n) is 7.71. The van der Waals surface area contributed by atoms with Gasteiger partial charge in [0.25, 0.3) is 5.91 Å². The number of carboxylic acids is 1. The van der Waals surface area contributed by atoms with Crippen molar-refractivity contribution in [1.82, 2.24) is 4.90 Å². The van der Waals surface area contributed by atoms with Gasteiger partial charge in [0.15, 0.2) is 0 Å². The molecule has 0 unspecified atom stereocenters. The second kappa shape index (κ2) is 7.64. The van der Waals surface area contributed by atoms with E-state index in [1.54, 1.807) is 11.9 Å². The number of ether oxygens (including phenoxy) is 1. The van der Waals surface area contributed by atoms with Gasteiger partial charge in [0.05, 0.1) is 11.7 Å². The van der Waals surface area contributed by atoms with E-state index in [2.05, 4.69) is 0 Å². The summed E-state index contributed by atoms with van der Waals surface area (Å²) in [6, 6.07) is 13.5. The summed E-state index contributed by atoms with van der Waals surface area (Å²) in [7, 11) is 1.71. The highest BCUT2D eigenvalue weighted by molar-refractivity contribution is 5.95. The molecule has 0 atom stereocenters. The number of amides is 1. The lowest BCUT2D eigenvalue weighted by atomic mass is 10.1. The van der Waals surface area contributed by atoms with E-state index in [-0.39, 0.29) is 17.6 Å². The summed E-state index contributed by atoms with van der Waals surface area (Å²) in [6.07, 6.45) is 0.0901. The summed E-state index contributed by atoms with van der Waals surface area (Å²) in [4.78, 5) is 24.9. The van der Waals surface area contributed by atoms with Crippen molar-refractivity contribution in [3.63, 3.8) is 0 Å². The molecule has 0 aliphatic carbocycles. The summed E-state index contributed by atoms with van der Waals surface area (Å²) >= 11 is 0. The SMILES string of the molecule is CC(C)Oc1cccc(CN(C)C(=O)c2ccc(C(=O)O)cc2)c1. The third kappa shape index (κ3) is 4.59. The van der Waals surface area contributed by atoms with Gasteiger partial charge >= 0.3 is 5.97 Å². The molecule has 0 saturated carbocycles. The Balaban J connectivity index is 2.07. The summed E-state index contributed by atoms with van der Waals surface area (Å²) in [6.45, 7) is 4.36. The maximum Gasteiger partial charge on any atom is 0.335 e. The molecule has 0 saturated heterocycles. The van der Waals surface area contributed by atoms with E-state index in [1.165, 1.54) is 24.3 Å². The number of nitrogens with zero attached hydrogens (tertiary/aromatic N) is 1. The van der Waals surface area contributed by atoms with Gasteiger partial charge in [-0.05, 0) is 55.8 Å². The molecule has 0 aromatic heterocycles. The molecule has 0 aliphatic heterocycles. The van der Waals surface area contributed by atoms with Gasteiger partial charge in [0.1, 0.15) is 5.75 Å². The van der Waals surface area contributed by atoms with E-state index in [0.29, 0.717) is 12.1 Å². The summed E-state index contributed by atoms with van der Waals surface area (Å²) in [5.41, 5.74) is 1.58. The van der Waals surface area contributed by atoms with Crippen LogP contribution in [0.1, 0.15) is 40.1 Å². The topological polar surface area (TPSA) is 66.8 Å². The third-order valence-electron chi connectivity index (χ3n) is 3.42. The Morgan fingerprint density at radius 3 is 2.29 bits per heavy atom. The Labute approximate surface area is 141 Å². The maximum absolute atomic E-state index is 12.4. The van der Waals surface area contributed by atoms with Gasteiger partial charge in [0, 0.05) is 19.2 Å². The number of rotatable bonds is 6. The van der Waals surface area contributed by atoms with Gasteiger partial charge in [-0.15, -0.1) is 0 Å². The van der Waals surface area contributed by atoms with Crippen LogP contribution >= 0.6 is 0 Å². The second-order valence-corrected chi connectivity index (χ2v) is 5.86. The Hall–Kier alpha value is -2.82. The fourth-order valence-corrected chi connectivity index (χ4v) is 2.31. The van der Waals surface area contributed by atoms with Crippen molar-refractivity contribution in [2.24, 2.45) is 0 Å². The highest BCUT2D eigenvalue weighted by atomic mass is 16.5. The van der Waals surface area contributed by atoms with E-state index >= 15 is 0 Å². The smallest absolute Gasteiger partial charge is 0.335 e. The number of aromatic carboxylic acids is 1. The maximum atomic E-state index is 12.4. The molecule has 2 aromatic rings. The van der Waals surface area contributed by atoms with Gasteiger partial charge in [-0.3, -0.25) is 4.79 Å². The summed E-state index contributed by atoms with van der Waals surface area (Å²) in [5.74, 6) is -0.402. The number of hydrogen-bond donors (Lipinski definition) is 1. The lowest BCUT2D eigenvalue weighted by molar-refractivity contribution is 0.0695. The normalized spacial score (nSPS) is 10.5. The number of hydrogen-bond acceptors (Lipinski definition) is 3. The molecule has 24 heavy (non-hydrogen) atoms. The largest absolute Gasteiger partial charge is 0.491 e. The van der Waals surface area contributed by atoms with Crippen LogP contribution in [-0.4, -0.2) is 35.0 Å². The Morgan fingerprint density at radius 1 is 1.08 bits per heavy atom. The molecule has 0 radical (unpaired) electrons. The number of carboxylic acid groups (broad SMARTS) is 1. The monoisotopic (exact) mass is 327 g/mol. The average molecular weight is 327 g/mol. The van der Waals surface area contributed by atoms with Gasteiger partial charge in [0.2, 0.25) is 0 Å². The highest BCUT2D eigenvalue weighted by Gasteiger charge is 2.13. The molecule has 1 N–H and O–H groups in total. The van der Waals surface area contributed by atoms with Crippen molar-refractivity contribution in [3.8, 4) is 5.75 Å². The van der Waals surface area contributed by atoms with E-state index in [9.17, 15) is 9.59 Å². The number of benzene rings is 2. The van der Waals surface area contributed by atoms with Gasteiger partial charge in [-0.1, -0.05) is 12.1 Å². The van der Waals surface area contributed by atoms with Crippen molar-refractivity contribution in [2.75, 3.05) is 7.05 Å². The zero-order valence-corrected chi connectivity index (χ0v) is 14.0. The van der Waals surface area contributed by atoms with Gasteiger partial charge in [-0.25, -0.2) is 4.79 Å². The Morgan fingerprint density at radius 2 is 1.71 bits per heavy atom. The summed E-state index contributed by atoms with van der Waals surface area (Å²) < 4.78 is 5.66. The van der Waals surface area contributed by atoms with Crippen LogP contribution in [0, 0.1) is 0 Å². The first kappa shape index (κ1) is 17.5. The zero-order valence-electron chi connectivity index (χ0n) is 14.0. The summed E-state index contributed by atoms with van der Waals surface area (Å²) in [5, 5.41) is 8.90. The third-order valence-corrected chi connectivity index (χ3v) is 3.42. The van der Waals surface area contributed by atoms with Crippen LogP contribution in [0.5, 0.6) is 5.75 Å². The van der Waals surface area contributed by atoms with Crippen molar-refractivity contribution < 1.29 is 19.4 Å². The first-order chi connectivity index (χ1) is 11.4. The van der Waals surface area contributed by atoms with Crippen LogP contribution in [0.4, 0.5) is 0 Å². The number of carbonyl (C=O) groups is 2. The molecule has 0 fully saturated rings. The van der Waals surface area contributed by atoms with Crippen LogP contribution < -0.4 is 4.74 Å². The predicted molar refractivity (Wildman–Crippen MR) is 91.4 cm³/mol. The lowest BCUT2D eigenvalue weighted by Crippen LogP contribution is -2.26. The molecule has 1 amide bonds. The molecule has 5 nitrogen and oxygen atoms in total. The van der Waals surface area contributed by atoms with Crippen molar-refractivity contribution in [1.29, 1.82) is 0 Å². The van der Waals surface area contributed by atoms with E-state index in [0.717, 1.165) is 11.3 Å². The van der Waals surface area contributed by atoms with Gasteiger partial charge < -0.3 is 14.7 Å². The Bertz CT molecular complexity index is 722. The van der Waals surface area contributed by atoms with Crippen LogP contribution in [0.25, 0.3) is 0 Å². The highest BCUT2D eigenvalue weighted by Crippen LogP contribution is 2.17. The van der Waals surface area contributed by atoms with Crippen molar-refractivity contribution >= 4 is 11.9 Å². The molecule has 0 heterocycles. The molecule has 0 spiro atoms. The zero-order chi connectivity index (χ0) is 17.7. The van der Waals surface area contributed by atoms with Crippen LogP contribution in [-0.2, 0) is 6.54 Å². The molecule has 5 heteroatoms. The fourth-order valence-electron chi connectivity index (χ4n) is 2.31. The quantitative estimate of drug-likeness (QED) is 0.882. The molecule has 2 rings (SSSR count). The van der Waals surface area contributed by atoms with E-state index in [4.69, 9.17) is 9.84 Å². The molecule has 126 valence electrons. The molecular weight excluding hydrogens is 306 g/mol. The molecule has 2 aromatic carbocycles. The van der Waals surface area contributed by atoms with Crippen molar-refractivity contribution in [2.45, 2.75) is 26.5 Å². The standard InChI is InChI=1S/C19H21NO4/c1-13(2)24-17-6-4-5-14(11-17)12-20(3)18(21)15-7-9-16(10-8-15)19(22)23/h4-11,13H,12H2,1-3H3,(H,22,23). The minimum Gasteiger partial charge on any atom is -0.491 e. The molecular formula is C19H21NO4. The molecule has 0 aliphatic rings. The minimum absolute atomic E-state index is 0.0901. The minimum atomic E-state index is -1.01. The number of carbonyl (C=O) groups excluding carboxylic acids is 1. The van der Waals surface area contributed by atoms with Crippen LogP contribution in [0.3, 0.4) is 0 Å².